The number of aromatic amines is 1. The Bertz CT molecular complexity index is 1950. The molecule has 0 fully saturated rings. The zero-order chi connectivity index (χ0) is 52.1. The number of carboxylic acid groups (broad SMARTS) is 5. The molecule has 69 heavy (non-hydrogen) atoms. The van der Waals surface area contributed by atoms with Gasteiger partial charge < -0.3 is 51.8 Å². The number of nitrogens with zero attached hydrogens (tertiary/aromatic N) is 1. The maximum absolute atomic E-state index is 12.7. The number of unbranched alkanes of at least 4 members (excludes halogenated alkanes) is 1. The van der Waals surface area contributed by atoms with Crippen LogP contribution in [0.2, 0.25) is 0 Å². The maximum Gasteiger partial charge on any atom is 0.326 e. The summed E-state index contributed by atoms with van der Waals surface area (Å²) >= 11 is 0. The van der Waals surface area contributed by atoms with Crippen LogP contribution >= 0.6 is 0 Å². The van der Waals surface area contributed by atoms with E-state index in [-0.39, 0.29) is 56.1 Å². The van der Waals surface area contributed by atoms with Crippen molar-refractivity contribution >= 4 is 76.6 Å². The molecule has 6 atom stereocenters. The minimum absolute atomic E-state index is 0.0461. The molecule has 1 aromatic rings. The summed E-state index contributed by atoms with van der Waals surface area (Å²) in [7, 11) is 0. The van der Waals surface area contributed by atoms with Gasteiger partial charge in [0, 0.05) is 95.5 Å². The summed E-state index contributed by atoms with van der Waals surface area (Å²) in [6, 6.07) is -4.53. The number of carbonyl (C=O) groups is 13. The highest BCUT2D eigenvalue weighted by Crippen LogP contribution is 2.20. The van der Waals surface area contributed by atoms with Crippen LogP contribution in [0.15, 0.2) is 12.5 Å². The van der Waals surface area contributed by atoms with Gasteiger partial charge in [0.25, 0.3) is 0 Å². The molecule has 24 heteroatoms. The van der Waals surface area contributed by atoms with Gasteiger partial charge in [-0.3, -0.25) is 47.9 Å². The van der Waals surface area contributed by atoms with Crippen LogP contribution in [0.3, 0.4) is 0 Å². The van der Waals surface area contributed by atoms with Crippen molar-refractivity contribution in [2.75, 3.05) is 6.54 Å². The number of aromatic nitrogens is 2. The molecule has 0 saturated carbocycles. The minimum Gasteiger partial charge on any atom is -0.481 e. The highest BCUT2D eigenvalue weighted by Gasteiger charge is 2.29. The first kappa shape index (κ1) is 60.1. The van der Waals surface area contributed by atoms with E-state index in [9.17, 15) is 87.9 Å². The van der Waals surface area contributed by atoms with E-state index in [0.717, 1.165) is 12.6 Å². The summed E-state index contributed by atoms with van der Waals surface area (Å²) in [5.74, 6) is -14.6. The van der Waals surface area contributed by atoms with Gasteiger partial charge in [-0.2, -0.15) is 0 Å². The van der Waals surface area contributed by atoms with Crippen molar-refractivity contribution in [1.29, 1.82) is 0 Å². The van der Waals surface area contributed by atoms with Gasteiger partial charge in [0.2, 0.25) is 23.6 Å². The van der Waals surface area contributed by atoms with Gasteiger partial charge in [-0.25, -0.2) is 19.4 Å². The molecule has 24 nitrogen and oxygen atoms in total. The van der Waals surface area contributed by atoms with Crippen LogP contribution in [0.4, 0.5) is 0 Å². The third kappa shape index (κ3) is 26.9. The monoisotopic (exact) mass is 978 g/mol. The number of hydrogen-bond donors (Lipinski definition) is 10. The van der Waals surface area contributed by atoms with Gasteiger partial charge in [0.15, 0.2) is 0 Å². The van der Waals surface area contributed by atoms with Gasteiger partial charge in [0.1, 0.15) is 41.3 Å². The molecule has 384 valence electrons. The van der Waals surface area contributed by atoms with Crippen molar-refractivity contribution in [2.45, 2.75) is 160 Å². The van der Waals surface area contributed by atoms with Crippen LogP contribution in [0.1, 0.15) is 142 Å². The molecule has 1 aromatic heterocycles. The van der Waals surface area contributed by atoms with Crippen LogP contribution in [0.25, 0.3) is 0 Å². The molecular weight excluding hydrogens is 913 g/mol. The highest BCUT2D eigenvalue weighted by molar-refractivity contribution is 5.89. The summed E-state index contributed by atoms with van der Waals surface area (Å²) < 4.78 is 0. The standard InChI is InChI=1S/C45H66N6O18/c1-3-37(56)27(7-11-31(53)12-10-30-24-46-25-48-30)6-4-5-21-47-38(57)20-17-36(45(68)69)51-40(59)19-9-29(42(62)63)23-33(55)14-16-35(44(66)67)50-39(58)18-8-28(41(60)61)22-32(54)13-15-34(43(64)65)49-26(2)52/h24-25,27-29,34-36H,3-23H2,1-2H3,(H,46,48)(H,47,57)(H,49,52)(H,50,58)(H,51,59)(H,60,61)(H,62,63)(H,64,65)(H,66,67)(H,68,69)/t27-,28-,29-,34+,35+,36+/m1/s1. The fourth-order valence-corrected chi connectivity index (χ4v) is 7.17. The van der Waals surface area contributed by atoms with Gasteiger partial charge in [0.05, 0.1) is 18.2 Å². The van der Waals surface area contributed by atoms with E-state index in [4.69, 9.17) is 0 Å². The SMILES string of the molecule is CCC(=O)[C@H](CCCCNC(=O)CC[C@H](NC(=O)CC[C@H](CC(=O)CC[C@H](NC(=O)CC[C@H](CC(=O)CC[C@H](NC(C)=O)C(=O)O)C(=O)O)C(=O)O)C(=O)O)C(=O)O)CCC(=O)CCc1cnc[nH]1. The van der Waals surface area contributed by atoms with E-state index < -0.39 is 146 Å². The minimum atomic E-state index is -1.65. The number of hydrogen-bond acceptors (Lipinski definition) is 14. The number of carboxylic acids is 5. The molecular formula is C45H66N6O18. The zero-order valence-electron chi connectivity index (χ0n) is 39.0. The third-order valence-electron chi connectivity index (χ3n) is 11.2. The van der Waals surface area contributed by atoms with Gasteiger partial charge in [-0.15, -0.1) is 0 Å². The fourth-order valence-electron chi connectivity index (χ4n) is 7.17. The van der Waals surface area contributed by atoms with Crippen molar-refractivity contribution in [2.24, 2.45) is 17.8 Å². The Kier molecular flexibility index (Phi) is 28.6. The number of aryl methyl sites for hydroxylation is 1. The predicted octanol–water partition coefficient (Wildman–Crippen LogP) is 1.52. The van der Waals surface area contributed by atoms with E-state index >= 15 is 0 Å². The fraction of sp³-hybridized carbons (Fsp3) is 0.644. The Morgan fingerprint density at radius 1 is 0.522 bits per heavy atom. The molecule has 0 saturated heterocycles. The normalized spacial score (nSPS) is 13.5. The summed E-state index contributed by atoms with van der Waals surface area (Å²) in [6.07, 6.45) is 1.38. The summed E-state index contributed by atoms with van der Waals surface area (Å²) in [6.45, 7) is 3.08. The number of amides is 4. The summed E-state index contributed by atoms with van der Waals surface area (Å²) in [5, 5.41) is 56.9. The molecule has 0 aliphatic heterocycles. The molecule has 0 spiro atoms. The van der Waals surface area contributed by atoms with Crippen molar-refractivity contribution in [1.82, 2.24) is 31.2 Å². The third-order valence-corrected chi connectivity index (χ3v) is 11.2. The lowest BCUT2D eigenvalue weighted by Gasteiger charge is -2.17. The number of Topliss-reactive ketones (excluding diaryl/α,β-unsaturated/α-hetero) is 4. The average molecular weight is 979 g/mol. The molecule has 1 rings (SSSR count). The lowest BCUT2D eigenvalue weighted by Crippen LogP contribution is -2.42. The van der Waals surface area contributed by atoms with E-state index in [1.807, 2.05) is 0 Å². The average Bonchev–Trinajstić information content (AvgIpc) is 3.81. The molecule has 0 radical (unpaired) electrons. The first-order valence-corrected chi connectivity index (χ1v) is 22.8. The van der Waals surface area contributed by atoms with E-state index in [0.29, 0.717) is 44.9 Å². The van der Waals surface area contributed by atoms with Crippen LogP contribution < -0.4 is 21.3 Å². The maximum atomic E-state index is 12.7. The predicted molar refractivity (Wildman–Crippen MR) is 239 cm³/mol. The van der Waals surface area contributed by atoms with Crippen LogP contribution in [-0.4, -0.2) is 137 Å². The number of H-pyrrole nitrogens is 1. The van der Waals surface area contributed by atoms with Crippen LogP contribution in [0, 0.1) is 17.8 Å². The number of imidazole rings is 1. The molecule has 0 bridgehead atoms. The van der Waals surface area contributed by atoms with E-state index in [1.165, 1.54) is 6.33 Å². The van der Waals surface area contributed by atoms with Crippen molar-refractivity contribution in [3.63, 3.8) is 0 Å². The lowest BCUT2D eigenvalue weighted by atomic mass is 9.90. The van der Waals surface area contributed by atoms with Gasteiger partial charge in [-0.05, 0) is 57.8 Å². The van der Waals surface area contributed by atoms with Crippen LogP contribution in [-0.2, 0) is 68.7 Å². The topological polar surface area (TPSA) is 400 Å². The largest absolute Gasteiger partial charge is 0.481 e. The number of nitrogens with one attached hydrogen (secondary N) is 5. The lowest BCUT2D eigenvalue weighted by molar-refractivity contribution is -0.145. The van der Waals surface area contributed by atoms with Crippen LogP contribution in [0.5, 0.6) is 0 Å². The second kappa shape index (κ2) is 32.8. The number of rotatable bonds is 40. The molecule has 4 amide bonds. The molecule has 10 N–H and O–H groups in total. The molecule has 0 aromatic carbocycles. The van der Waals surface area contributed by atoms with E-state index in [2.05, 4.69) is 31.2 Å². The highest BCUT2D eigenvalue weighted by atomic mass is 16.4. The Balaban J connectivity index is 2.53. The molecule has 0 aliphatic carbocycles. The Hall–Kier alpha value is -6.88. The molecule has 0 aliphatic rings. The quantitative estimate of drug-likeness (QED) is 0.0417. The first-order chi connectivity index (χ1) is 32.5. The molecule has 0 unspecified atom stereocenters. The molecule has 1 heterocycles. The second-order valence-corrected chi connectivity index (χ2v) is 16.8. The van der Waals surface area contributed by atoms with E-state index in [1.54, 1.807) is 13.1 Å². The van der Waals surface area contributed by atoms with Gasteiger partial charge >= 0.3 is 29.8 Å². The van der Waals surface area contributed by atoms with Gasteiger partial charge in [-0.1, -0.05) is 13.3 Å². The Labute approximate surface area is 397 Å². The van der Waals surface area contributed by atoms with Crippen molar-refractivity contribution in [3.05, 3.63) is 18.2 Å². The number of aliphatic carboxylic acids is 5. The summed E-state index contributed by atoms with van der Waals surface area (Å²) in [4.78, 5) is 164. The second-order valence-electron chi connectivity index (χ2n) is 16.8. The Morgan fingerprint density at radius 3 is 1.41 bits per heavy atom. The number of ketones is 4. The zero-order valence-corrected chi connectivity index (χ0v) is 39.0. The first-order valence-electron chi connectivity index (χ1n) is 22.8. The van der Waals surface area contributed by atoms with Crippen molar-refractivity contribution in [3.8, 4) is 0 Å². The Morgan fingerprint density at radius 2 is 0.971 bits per heavy atom. The van der Waals surface area contributed by atoms with Crippen molar-refractivity contribution < 1.29 is 87.9 Å². The number of carbonyl (C=O) groups excluding carboxylic acids is 8. The summed E-state index contributed by atoms with van der Waals surface area (Å²) in [5.41, 5.74) is 0.850. The smallest absolute Gasteiger partial charge is 0.326 e.